The van der Waals surface area contributed by atoms with Crippen molar-refractivity contribution in [3.63, 3.8) is 0 Å². The molecule has 0 aliphatic carbocycles. The zero-order chi connectivity index (χ0) is 25.3. The molecular weight excluding hydrogens is 406 g/mol. The summed E-state index contributed by atoms with van der Waals surface area (Å²) in [4.78, 5) is 36.7. The number of hydrogen-bond donors (Lipinski definition) is 2. The van der Waals surface area contributed by atoms with E-state index >= 15 is 0 Å². The fourth-order valence-corrected chi connectivity index (χ4v) is 3.16. The van der Waals surface area contributed by atoms with Gasteiger partial charge in [-0.05, 0) is 50.6 Å². The highest BCUT2D eigenvalue weighted by Crippen LogP contribution is 2.13. The first-order valence-corrected chi connectivity index (χ1v) is 11.9. The molecule has 2 N–H and O–H groups in total. The quantitative estimate of drug-likeness (QED) is 0.405. The summed E-state index contributed by atoms with van der Waals surface area (Å²) >= 11 is 0. The van der Waals surface area contributed by atoms with Crippen LogP contribution in [0.2, 0.25) is 0 Å². The number of piperidine rings is 1. The number of hydrogen-bond acceptors (Lipinski definition) is 4. The molecule has 0 unspecified atom stereocenters. The van der Waals surface area contributed by atoms with E-state index in [-0.39, 0.29) is 30.0 Å². The minimum Gasteiger partial charge on any atom is -0.478 e. The third-order valence-corrected chi connectivity index (χ3v) is 4.69. The third kappa shape index (κ3) is 17.8. The molecule has 1 heterocycles. The second-order valence-electron chi connectivity index (χ2n) is 9.88. The molecule has 7 nitrogen and oxygen atoms in total. The minimum atomic E-state index is -1.01. The van der Waals surface area contributed by atoms with Crippen LogP contribution >= 0.6 is 0 Å². The van der Waals surface area contributed by atoms with Crippen molar-refractivity contribution in [1.29, 1.82) is 0 Å². The van der Waals surface area contributed by atoms with Crippen LogP contribution in [0.1, 0.15) is 74.7 Å². The lowest BCUT2D eigenvalue weighted by atomic mass is 10.00. The van der Waals surface area contributed by atoms with E-state index in [0.29, 0.717) is 6.41 Å². The summed E-state index contributed by atoms with van der Waals surface area (Å²) in [5.74, 6) is 0.477. The maximum Gasteiger partial charge on any atom is 0.331 e. The van der Waals surface area contributed by atoms with Gasteiger partial charge in [0.2, 0.25) is 12.3 Å². The third-order valence-electron chi connectivity index (χ3n) is 4.69. The first-order chi connectivity index (χ1) is 14.8. The number of carboxylic acid groups (broad SMARTS) is 1. The Morgan fingerprint density at radius 2 is 1.53 bits per heavy atom. The minimum absolute atomic E-state index is 0.0736. The second kappa shape index (κ2) is 18.7. The van der Waals surface area contributed by atoms with E-state index in [1.165, 1.54) is 50.7 Å². The number of rotatable bonds is 9. The highest BCUT2D eigenvalue weighted by molar-refractivity contribution is 5.86. The molecule has 7 heteroatoms. The zero-order valence-electron chi connectivity index (χ0n) is 22.0. The van der Waals surface area contributed by atoms with Gasteiger partial charge in [-0.2, -0.15) is 0 Å². The molecule has 1 aliphatic rings. The number of carbonyl (C=O) groups is 3. The standard InChI is InChI=1S/C12H20N2O4.C9H19N.C4H10/c1-8(2)10(5-9(3)12(17)18)14(4)11(16)6-13-7-15;1-9(2)8-10-6-4-3-5-7-10;1-4(2)3/h5,7-8,10H,6H2,1-4H3,(H,13,15)(H,17,18);9H,3-8H2,1-2H3;4H,1-3H3/b9-5+;;/t10-;;/m1../s1. The van der Waals surface area contributed by atoms with Crippen molar-refractivity contribution in [2.24, 2.45) is 17.8 Å². The molecule has 0 radical (unpaired) electrons. The Kier molecular flexibility index (Phi) is 18.8. The molecule has 0 aromatic carbocycles. The lowest BCUT2D eigenvalue weighted by Crippen LogP contribution is -2.43. The van der Waals surface area contributed by atoms with Crippen LogP contribution in [-0.2, 0) is 14.4 Å². The highest BCUT2D eigenvalue weighted by atomic mass is 16.4. The summed E-state index contributed by atoms with van der Waals surface area (Å²) in [5, 5.41) is 11.1. The summed E-state index contributed by atoms with van der Waals surface area (Å²) in [6, 6.07) is -0.318. The van der Waals surface area contributed by atoms with Gasteiger partial charge < -0.3 is 20.2 Å². The molecule has 2 amide bonds. The Morgan fingerprint density at radius 3 is 1.91 bits per heavy atom. The van der Waals surface area contributed by atoms with Crippen LogP contribution in [0.3, 0.4) is 0 Å². The number of aliphatic carboxylic acids is 1. The number of carboxylic acids is 1. The predicted octanol–water partition coefficient (Wildman–Crippen LogP) is 4.04. The van der Waals surface area contributed by atoms with E-state index < -0.39 is 5.97 Å². The lowest BCUT2D eigenvalue weighted by molar-refractivity contribution is -0.133. The van der Waals surface area contributed by atoms with Crippen molar-refractivity contribution in [3.05, 3.63) is 11.6 Å². The second-order valence-corrected chi connectivity index (χ2v) is 9.88. The molecule has 0 aromatic heterocycles. The molecule has 188 valence electrons. The molecule has 1 saturated heterocycles. The van der Waals surface area contributed by atoms with Crippen molar-refractivity contribution in [3.8, 4) is 0 Å². The number of likely N-dealkylation sites (N-methyl/N-ethyl adjacent to an activating group) is 1. The normalized spacial score (nSPS) is 15.3. The van der Waals surface area contributed by atoms with Crippen molar-refractivity contribution < 1.29 is 19.5 Å². The fraction of sp³-hybridized carbons (Fsp3) is 0.800. The van der Waals surface area contributed by atoms with Crippen LogP contribution in [0, 0.1) is 17.8 Å². The fourth-order valence-electron chi connectivity index (χ4n) is 3.16. The molecule has 0 saturated carbocycles. The van der Waals surface area contributed by atoms with Gasteiger partial charge in [0.1, 0.15) is 0 Å². The summed E-state index contributed by atoms with van der Waals surface area (Å²) in [6.45, 7) is 20.3. The first-order valence-electron chi connectivity index (χ1n) is 11.9. The van der Waals surface area contributed by atoms with E-state index in [0.717, 1.165) is 11.8 Å². The average Bonchev–Trinajstić information content (AvgIpc) is 2.69. The summed E-state index contributed by atoms with van der Waals surface area (Å²) < 4.78 is 0. The Bertz CT molecular complexity index is 551. The molecule has 0 spiro atoms. The maximum absolute atomic E-state index is 11.7. The van der Waals surface area contributed by atoms with Gasteiger partial charge in [-0.1, -0.05) is 61.0 Å². The van der Waals surface area contributed by atoms with E-state index in [1.807, 2.05) is 13.8 Å². The number of carbonyl (C=O) groups excluding carboxylic acids is 2. The zero-order valence-corrected chi connectivity index (χ0v) is 22.0. The van der Waals surface area contributed by atoms with E-state index in [1.54, 1.807) is 13.1 Å². The van der Waals surface area contributed by atoms with Crippen molar-refractivity contribution >= 4 is 18.3 Å². The molecule has 1 atom stereocenters. The van der Waals surface area contributed by atoms with Crippen molar-refractivity contribution in [2.75, 3.05) is 33.2 Å². The van der Waals surface area contributed by atoms with Gasteiger partial charge in [0.05, 0.1) is 12.6 Å². The summed E-state index contributed by atoms with van der Waals surface area (Å²) in [6.07, 6.45) is 6.30. The van der Waals surface area contributed by atoms with Gasteiger partial charge in [0.25, 0.3) is 0 Å². The van der Waals surface area contributed by atoms with Crippen LogP contribution < -0.4 is 5.32 Å². The average molecular weight is 456 g/mol. The number of nitrogens with zero attached hydrogens (tertiary/aromatic N) is 2. The summed E-state index contributed by atoms with van der Waals surface area (Å²) in [5.41, 5.74) is 0.191. The van der Waals surface area contributed by atoms with Gasteiger partial charge in [-0.3, -0.25) is 9.59 Å². The molecule has 1 aliphatic heterocycles. The molecule has 1 rings (SSSR count). The smallest absolute Gasteiger partial charge is 0.331 e. The topological polar surface area (TPSA) is 90.0 Å². The number of amides is 2. The van der Waals surface area contributed by atoms with E-state index in [9.17, 15) is 14.4 Å². The number of likely N-dealkylation sites (tertiary alicyclic amines) is 1. The highest BCUT2D eigenvalue weighted by Gasteiger charge is 2.21. The molecule has 1 fully saturated rings. The Labute approximate surface area is 196 Å². The van der Waals surface area contributed by atoms with Crippen LogP contribution in [0.5, 0.6) is 0 Å². The molecule has 32 heavy (non-hydrogen) atoms. The van der Waals surface area contributed by atoms with Gasteiger partial charge in [-0.15, -0.1) is 0 Å². The predicted molar refractivity (Wildman–Crippen MR) is 132 cm³/mol. The first kappa shape index (κ1) is 32.3. The van der Waals surface area contributed by atoms with Crippen molar-refractivity contribution in [2.45, 2.75) is 80.7 Å². The van der Waals surface area contributed by atoms with Crippen LogP contribution in [0.4, 0.5) is 0 Å². The largest absolute Gasteiger partial charge is 0.478 e. The van der Waals surface area contributed by atoms with Gasteiger partial charge >= 0.3 is 5.97 Å². The van der Waals surface area contributed by atoms with E-state index in [4.69, 9.17) is 5.11 Å². The Morgan fingerprint density at radius 1 is 1.03 bits per heavy atom. The number of nitrogens with one attached hydrogen (secondary N) is 1. The van der Waals surface area contributed by atoms with E-state index in [2.05, 4.69) is 44.8 Å². The van der Waals surface area contributed by atoms with Crippen molar-refractivity contribution in [1.82, 2.24) is 15.1 Å². The SMILES string of the molecule is C/C(=C\[C@H](C(C)C)N(C)C(=O)CNC=O)C(=O)O.CC(C)C.CC(C)CN1CCCCC1. The van der Waals surface area contributed by atoms with Gasteiger partial charge in [0, 0.05) is 19.2 Å². The molecule has 0 aromatic rings. The van der Waals surface area contributed by atoms with Crippen LogP contribution in [0.15, 0.2) is 11.6 Å². The monoisotopic (exact) mass is 455 g/mol. The molecular formula is C25H49N3O4. The van der Waals surface area contributed by atoms with Gasteiger partial charge in [0.15, 0.2) is 0 Å². The Balaban J connectivity index is 0. The maximum atomic E-state index is 11.7. The lowest BCUT2D eigenvalue weighted by Gasteiger charge is -2.29. The van der Waals surface area contributed by atoms with Gasteiger partial charge in [-0.25, -0.2) is 4.79 Å². The summed E-state index contributed by atoms with van der Waals surface area (Å²) in [7, 11) is 1.59. The molecule has 0 bridgehead atoms. The van der Waals surface area contributed by atoms with Crippen LogP contribution in [-0.4, -0.2) is 72.5 Å². The van der Waals surface area contributed by atoms with Crippen LogP contribution in [0.25, 0.3) is 0 Å². The Hall–Kier alpha value is -1.89.